The van der Waals surface area contributed by atoms with Gasteiger partial charge in [-0.2, -0.15) is 5.10 Å². The van der Waals surface area contributed by atoms with Gasteiger partial charge in [-0.1, -0.05) is 41.9 Å². The quantitative estimate of drug-likeness (QED) is 0.418. The molecular weight excluding hydrogens is 435 g/mol. The smallest absolute Gasteiger partial charge is 0.230 e. The number of thiazole rings is 1. The van der Waals surface area contributed by atoms with E-state index in [-0.39, 0.29) is 18.0 Å². The van der Waals surface area contributed by atoms with Gasteiger partial charge in [0.25, 0.3) is 0 Å². The van der Waals surface area contributed by atoms with Crippen LogP contribution in [0, 0.1) is 19.7 Å². The molecule has 0 aliphatic rings. The van der Waals surface area contributed by atoms with Crippen LogP contribution in [0.2, 0.25) is 5.02 Å². The molecule has 1 N–H and O–H groups in total. The number of hydrogen-bond acceptors (Lipinski definition) is 4. The molecule has 0 aliphatic carbocycles. The zero-order chi connectivity index (χ0) is 22.0. The molecule has 1 amide bonds. The standard InChI is InChI=1S/C23H20ClFN4OS/c1-14-18(11-16-7-3-4-8-19(16)24)15(2)29(28-14)23-26-17(13-31-23)12-22(30)27-21-10-6-5-9-20(21)25/h3-10,13H,11-12H2,1-2H3,(H,27,30). The molecule has 0 spiro atoms. The summed E-state index contributed by atoms with van der Waals surface area (Å²) in [4.78, 5) is 16.9. The number of para-hydroxylation sites is 1. The molecule has 0 unspecified atom stereocenters. The number of carbonyl (C=O) groups excluding carboxylic acids is 1. The molecule has 8 heteroatoms. The van der Waals surface area contributed by atoms with E-state index >= 15 is 0 Å². The lowest BCUT2D eigenvalue weighted by Crippen LogP contribution is -2.15. The first kappa shape index (κ1) is 21.2. The Bertz CT molecular complexity index is 1250. The molecule has 2 aromatic carbocycles. The Morgan fingerprint density at radius 3 is 2.68 bits per heavy atom. The van der Waals surface area contributed by atoms with Gasteiger partial charge in [-0.15, -0.1) is 11.3 Å². The summed E-state index contributed by atoms with van der Waals surface area (Å²) in [6.07, 6.45) is 0.733. The van der Waals surface area contributed by atoms with Gasteiger partial charge in [0.2, 0.25) is 11.0 Å². The van der Waals surface area contributed by atoms with Crippen LogP contribution in [0.5, 0.6) is 0 Å². The van der Waals surface area contributed by atoms with Crippen molar-refractivity contribution in [3.05, 3.63) is 93.0 Å². The summed E-state index contributed by atoms with van der Waals surface area (Å²) in [6.45, 7) is 3.96. The van der Waals surface area contributed by atoms with Gasteiger partial charge in [0.05, 0.1) is 23.5 Å². The molecule has 31 heavy (non-hydrogen) atoms. The van der Waals surface area contributed by atoms with Gasteiger partial charge in [-0.05, 0) is 37.6 Å². The normalized spacial score (nSPS) is 11.0. The van der Waals surface area contributed by atoms with E-state index in [1.165, 1.54) is 23.5 Å². The van der Waals surface area contributed by atoms with Gasteiger partial charge in [0, 0.05) is 28.1 Å². The van der Waals surface area contributed by atoms with Crippen LogP contribution in [-0.2, 0) is 17.6 Å². The molecule has 2 aromatic heterocycles. The van der Waals surface area contributed by atoms with Crippen LogP contribution in [0.25, 0.3) is 5.13 Å². The second kappa shape index (κ2) is 8.99. The highest BCUT2D eigenvalue weighted by Crippen LogP contribution is 2.26. The minimum Gasteiger partial charge on any atom is -0.323 e. The second-order valence-electron chi connectivity index (χ2n) is 7.16. The molecule has 158 valence electrons. The third-order valence-corrected chi connectivity index (χ3v) is 6.21. The van der Waals surface area contributed by atoms with E-state index in [4.69, 9.17) is 11.6 Å². The van der Waals surface area contributed by atoms with Crippen molar-refractivity contribution in [2.24, 2.45) is 0 Å². The Morgan fingerprint density at radius 2 is 1.90 bits per heavy atom. The van der Waals surface area contributed by atoms with E-state index in [0.29, 0.717) is 17.2 Å². The van der Waals surface area contributed by atoms with E-state index in [1.54, 1.807) is 16.8 Å². The Hall–Kier alpha value is -3.03. The van der Waals surface area contributed by atoms with E-state index in [0.717, 1.165) is 27.5 Å². The van der Waals surface area contributed by atoms with E-state index < -0.39 is 5.82 Å². The van der Waals surface area contributed by atoms with Gasteiger partial charge in [0.15, 0.2) is 0 Å². The van der Waals surface area contributed by atoms with Crippen LogP contribution in [0.4, 0.5) is 10.1 Å². The predicted octanol–water partition coefficient (Wildman–Crippen LogP) is 5.51. The van der Waals surface area contributed by atoms with Gasteiger partial charge >= 0.3 is 0 Å². The summed E-state index contributed by atoms with van der Waals surface area (Å²) in [6, 6.07) is 13.8. The van der Waals surface area contributed by atoms with Crippen LogP contribution in [0.3, 0.4) is 0 Å². The van der Waals surface area contributed by atoms with E-state index in [2.05, 4.69) is 15.4 Å². The number of amides is 1. The maximum Gasteiger partial charge on any atom is 0.230 e. The molecule has 0 radical (unpaired) electrons. The number of anilines is 1. The number of aromatic nitrogens is 3. The van der Waals surface area contributed by atoms with Crippen molar-refractivity contribution < 1.29 is 9.18 Å². The summed E-state index contributed by atoms with van der Waals surface area (Å²) in [5, 5.41) is 10.5. The highest BCUT2D eigenvalue weighted by atomic mass is 35.5. The monoisotopic (exact) mass is 454 g/mol. The summed E-state index contributed by atoms with van der Waals surface area (Å²) in [5.74, 6) is -0.793. The summed E-state index contributed by atoms with van der Waals surface area (Å²) >= 11 is 7.73. The maximum atomic E-state index is 13.7. The lowest BCUT2D eigenvalue weighted by Gasteiger charge is -2.05. The fourth-order valence-electron chi connectivity index (χ4n) is 3.35. The Balaban J connectivity index is 1.51. The zero-order valence-electron chi connectivity index (χ0n) is 17.0. The Kier molecular flexibility index (Phi) is 6.15. The molecule has 5 nitrogen and oxygen atoms in total. The van der Waals surface area contributed by atoms with Crippen LogP contribution >= 0.6 is 22.9 Å². The van der Waals surface area contributed by atoms with E-state index in [9.17, 15) is 9.18 Å². The number of nitrogens with zero attached hydrogens (tertiary/aromatic N) is 3. The lowest BCUT2D eigenvalue weighted by molar-refractivity contribution is -0.115. The largest absolute Gasteiger partial charge is 0.323 e. The zero-order valence-corrected chi connectivity index (χ0v) is 18.6. The molecule has 4 rings (SSSR count). The average Bonchev–Trinajstić information content (AvgIpc) is 3.30. The van der Waals surface area contributed by atoms with Gasteiger partial charge < -0.3 is 5.32 Å². The average molecular weight is 455 g/mol. The molecule has 0 saturated carbocycles. The molecule has 0 fully saturated rings. The third-order valence-electron chi connectivity index (χ3n) is 4.98. The summed E-state index contributed by atoms with van der Waals surface area (Å²) in [7, 11) is 0. The minimum atomic E-state index is -0.469. The number of hydrogen-bond donors (Lipinski definition) is 1. The Labute approximate surface area is 188 Å². The summed E-state index contributed by atoms with van der Waals surface area (Å²) < 4.78 is 15.5. The minimum absolute atomic E-state index is 0.0522. The van der Waals surface area contributed by atoms with Crippen molar-refractivity contribution in [3.63, 3.8) is 0 Å². The van der Waals surface area contributed by atoms with E-state index in [1.807, 2.05) is 43.5 Å². The molecular formula is C23H20ClFN4OS. The first-order valence-electron chi connectivity index (χ1n) is 9.70. The molecule has 4 aromatic rings. The highest BCUT2D eigenvalue weighted by molar-refractivity contribution is 7.12. The first-order chi connectivity index (χ1) is 14.9. The highest BCUT2D eigenvalue weighted by Gasteiger charge is 2.17. The second-order valence-corrected chi connectivity index (χ2v) is 8.40. The lowest BCUT2D eigenvalue weighted by atomic mass is 10.0. The fourth-order valence-corrected chi connectivity index (χ4v) is 4.37. The van der Waals surface area contributed by atoms with Crippen LogP contribution in [0.1, 0.15) is 28.2 Å². The molecule has 0 atom stereocenters. The number of rotatable bonds is 6. The summed E-state index contributed by atoms with van der Waals surface area (Å²) in [5.41, 5.74) is 4.79. The number of halogens is 2. The van der Waals surface area contributed by atoms with Crippen LogP contribution < -0.4 is 5.32 Å². The van der Waals surface area contributed by atoms with Crippen molar-refractivity contribution in [2.45, 2.75) is 26.7 Å². The maximum absolute atomic E-state index is 13.7. The van der Waals surface area contributed by atoms with Crippen LogP contribution in [0.15, 0.2) is 53.9 Å². The number of benzene rings is 2. The molecule has 0 aliphatic heterocycles. The van der Waals surface area contributed by atoms with Gasteiger partial charge in [-0.25, -0.2) is 14.1 Å². The Morgan fingerprint density at radius 1 is 1.16 bits per heavy atom. The van der Waals surface area contributed by atoms with Crippen molar-refractivity contribution in [3.8, 4) is 5.13 Å². The number of carbonyl (C=O) groups is 1. The topological polar surface area (TPSA) is 59.8 Å². The molecule has 0 bridgehead atoms. The van der Waals surface area contributed by atoms with Crippen molar-refractivity contribution in [1.29, 1.82) is 0 Å². The third kappa shape index (κ3) is 4.68. The first-order valence-corrected chi connectivity index (χ1v) is 11.0. The van der Waals surface area contributed by atoms with Crippen molar-refractivity contribution >= 4 is 34.5 Å². The predicted molar refractivity (Wildman–Crippen MR) is 122 cm³/mol. The SMILES string of the molecule is Cc1nn(-c2nc(CC(=O)Nc3ccccc3F)cs2)c(C)c1Cc1ccccc1Cl. The van der Waals surface area contributed by atoms with Crippen molar-refractivity contribution in [2.75, 3.05) is 5.32 Å². The molecule has 2 heterocycles. The van der Waals surface area contributed by atoms with Crippen LogP contribution in [-0.4, -0.2) is 20.7 Å². The fraction of sp³-hybridized carbons (Fsp3) is 0.174. The van der Waals surface area contributed by atoms with Crippen molar-refractivity contribution in [1.82, 2.24) is 14.8 Å². The number of aryl methyl sites for hydroxylation is 1. The van der Waals surface area contributed by atoms with Gasteiger partial charge in [-0.3, -0.25) is 4.79 Å². The number of nitrogens with one attached hydrogen (secondary N) is 1. The molecule has 0 saturated heterocycles. The van der Waals surface area contributed by atoms with Gasteiger partial charge in [0.1, 0.15) is 5.82 Å².